The van der Waals surface area contributed by atoms with Crippen molar-refractivity contribution >= 4 is 11.8 Å². The van der Waals surface area contributed by atoms with E-state index in [0.717, 1.165) is 6.08 Å². The van der Waals surface area contributed by atoms with E-state index in [0.29, 0.717) is 11.3 Å². The van der Waals surface area contributed by atoms with Crippen LogP contribution in [0.1, 0.15) is 17.3 Å². The Morgan fingerprint density at radius 3 is 2.25 bits per heavy atom. The summed E-state index contributed by atoms with van der Waals surface area (Å²) < 4.78 is 4.95. The molecule has 1 rings (SSSR count). The van der Waals surface area contributed by atoms with Gasteiger partial charge in [-0.15, -0.1) is 0 Å². The summed E-state index contributed by atoms with van der Waals surface area (Å²) in [5.41, 5.74) is 0.633. The number of carboxylic acids is 1. The van der Waals surface area contributed by atoms with Crippen LogP contribution in [-0.2, 0) is 4.79 Å². The Morgan fingerprint density at radius 1 is 1.25 bits per heavy atom. The van der Waals surface area contributed by atoms with Crippen LogP contribution in [-0.4, -0.2) is 24.0 Å². The van der Waals surface area contributed by atoms with Crippen LogP contribution in [0.3, 0.4) is 0 Å². The van der Waals surface area contributed by atoms with Crippen molar-refractivity contribution in [3.05, 3.63) is 41.5 Å². The van der Waals surface area contributed by atoms with E-state index < -0.39 is 5.97 Å². The fourth-order valence-corrected chi connectivity index (χ4v) is 1.22. The molecule has 0 saturated heterocycles. The van der Waals surface area contributed by atoms with Gasteiger partial charge >= 0.3 is 5.97 Å². The summed E-state index contributed by atoms with van der Waals surface area (Å²) in [5, 5.41) is 8.51. The number of Topliss-reactive ketones (excluding diaryl/α,β-unsaturated/α-hetero) is 1. The largest absolute Gasteiger partial charge is 0.497 e. The summed E-state index contributed by atoms with van der Waals surface area (Å²) in [4.78, 5) is 22.1. The van der Waals surface area contributed by atoms with Crippen molar-refractivity contribution in [3.63, 3.8) is 0 Å². The molecule has 0 aliphatic heterocycles. The Balaban J connectivity index is 2.92. The van der Waals surface area contributed by atoms with E-state index in [-0.39, 0.29) is 11.4 Å². The molecule has 0 atom stereocenters. The SMILES string of the molecule is COc1ccc(C(=O)/C(C)=C/C(=O)O)cc1. The Kier molecular flexibility index (Phi) is 3.83. The molecule has 0 aliphatic rings. The molecule has 0 radical (unpaired) electrons. The third-order valence-corrected chi connectivity index (χ3v) is 2.05. The number of hydrogen-bond donors (Lipinski definition) is 1. The number of methoxy groups -OCH3 is 1. The fourth-order valence-electron chi connectivity index (χ4n) is 1.22. The molecule has 4 heteroatoms. The lowest BCUT2D eigenvalue weighted by molar-refractivity contribution is -0.131. The fraction of sp³-hybridized carbons (Fsp3) is 0.167. The van der Waals surface area contributed by atoms with Crippen LogP contribution in [0.2, 0.25) is 0 Å². The number of ketones is 1. The van der Waals surface area contributed by atoms with Gasteiger partial charge in [0.1, 0.15) is 5.75 Å². The number of carbonyl (C=O) groups excluding carboxylic acids is 1. The first-order valence-electron chi connectivity index (χ1n) is 4.64. The highest BCUT2D eigenvalue weighted by Gasteiger charge is 2.09. The Bertz CT molecular complexity index is 429. The van der Waals surface area contributed by atoms with Gasteiger partial charge in [0.2, 0.25) is 0 Å². The molecule has 0 aliphatic carbocycles. The van der Waals surface area contributed by atoms with Crippen LogP contribution in [0.4, 0.5) is 0 Å². The number of benzene rings is 1. The second-order valence-corrected chi connectivity index (χ2v) is 3.22. The molecule has 0 amide bonds. The van der Waals surface area contributed by atoms with Crippen molar-refractivity contribution in [2.24, 2.45) is 0 Å². The molecule has 0 unspecified atom stereocenters. The normalized spacial score (nSPS) is 11.0. The minimum atomic E-state index is -1.13. The first kappa shape index (κ1) is 12.0. The number of ether oxygens (including phenoxy) is 1. The number of aliphatic carboxylic acids is 1. The van der Waals surface area contributed by atoms with Crippen LogP contribution >= 0.6 is 0 Å². The quantitative estimate of drug-likeness (QED) is 0.621. The van der Waals surface area contributed by atoms with Gasteiger partial charge in [-0.2, -0.15) is 0 Å². The highest BCUT2D eigenvalue weighted by atomic mass is 16.5. The van der Waals surface area contributed by atoms with Gasteiger partial charge in [-0.05, 0) is 31.2 Å². The van der Waals surface area contributed by atoms with Crippen LogP contribution in [0.15, 0.2) is 35.9 Å². The number of allylic oxidation sites excluding steroid dienone is 1. The van der Waals surface area contributed by atoms with E-state index in [9.17, 15) is 9.59 Å². The zero-order valence-electron chi connectivity index (χ0n) is 9.06. The van der Waals surface area contributed by atoms with Gasteiger partial charge in [-0.3, -0.25) is 4.79 Å². The van der Waals surface area contributed by atoms with Crippen LogP contribution in [0, 0.1) is 0 Å². The van der Waals surface area contributed by atoms with E-state index in [2.05, 4.69) is 0 Å². The van der Waals surface area contributed by atoms with E-state index in [1.165, 1.54) is 14.0 Å². The van der Waals surface area contributed by atoms with Crippen LogP contribution in [0.5, 0.6) is 5.75 Å². The standard InChI is InChI=1S/C12H12O4/c1-8(7-11(13)14)12(15)9-3-5-10(16-2)6-4-9/h3-7H,1-2H3,(H,13,14)/b8-7+. The van der Waals surface area contributed by atoms with Crippen molar-refractivity contribution in [2.45, 2.75) is 6.92 Å². The lowest BCUT2D eigenvalue weighted by Crippen LogP contribution is -2.03. The van der Waals surface area contributed by atoms with Gasteiger partial charge in [-0.1, -0.05) is 0 Å². The van der Waals surface area contributed by atoms with Gasteiger partial charge in [0.15, 0.2) is 5.78 Å². The van der Waals surface area contributed by atoms with Crippen molar-refractivity contribution in [2.75, 3.05) is 7.11 Å². The lowest BCUT2D eigenvalue weighted by atomic mass is 10.0. The molecule has 0 bridgehead atoms. The molecule has 0 heterocycles. The zero-order valence-corrected chi connectivity index (χ0v) is 9.06. The maximum absolute atomic E-state index is 11.7. The van der Waals surface area contributed by atoms with Crippen LogP contribution < -0.4 is 4.74 Å². The molecule has 4 nitrogen and oxygen atoms in total. The van der Waals surface area contributed by atoms with Crippen molar-refractivity contribution in [1.82, 2.24) is 0 Å². The molecular weight excluding hydrogens is 208 g/mol. The molecule has 0 spiro atoms. The van der Waals surface area contributed by atoms with Crippen LogP contribution in [0.25, 0.3) is 0 Å². The predicted octanol–water partition coefficient (Wildman–Crippen LogP) is 1.91. The topological polar surface area (TPSA) is 63.6 Å². The Hall–Kier alpha value is -2.10. The molecule has 0 fully saturated rings. The first-order chi connectivity index (χ1) is 7.54. The second-order valence-electron chi connectivity index (χ2n) is 3.22. The summed E-state index contributed by atoms with van der Waals surface area (Å²) in [6, 6.07) is 6.50. The maximum atomic E-state index is 11.7. The van der Waals surface area contributed by atoms with Gasteiger partial charge in [-0.25, -0.2) is 4.79 Å². The monoisotopic (exact) mass is 220 g/mol. The highest BCUT2D eigenvalue weighted by molar-refractivity contribution is 6.10. The summed E-state index contributed by atoms with van der Waals surface area (Å²) in [7, 11) is 1.53. The molecular formula is C12H12O4. The predicted molar refractivity (Wildman–Crippen MR) is 58.7 cm³/mol. The third-order valence-electron chi connectivity index (χ3n) is 2.05. The number of rotatable bonds is 4. The second kappa shape index (κ2) is 5.11. The van der Waals surface area contributed by atoms with Crippen molar-refractivity contribution in [3.8, 4) is 5.75 Å². The Labute approximate surface area is 93.2 Å². The van der Waals surface area contributed by atoms with Gasteiger partial charge in [0, 0.05) is 17.2 Å². The minimum Gasteiger partial charge on any atom is -0.497 e. The van der Waals surface area contributed by atoms with Gasteiger partial charge in [0.25, 0.3) is 0 Å². The zero-order chi connectivity index (χ0) is 12.1. The summed E-state index contributed by atoms with van der Waals surface area (Å²) in [5.74, 6) is -0.777. The average molecular weight is 220 g/mol. The Morgan fingerprint density at radius 2 is 1.81 bits per heavy atom. The number of hydrogen-bond acceptors (Lipinski definition) is 3. The van der Waals surface area contributed by atoms with Crippen molar-refractivity contribution in [1.29, 1.82) is 0 Å². The molecule has 0 saturated carbocycles. The maximum Gasteiger partial charge on any atom is 0.328 e. The summed E-state index contributed by atoms with van der Waals surface area (Å²) >= 11 is 0. The van der Waals surface area contributed by atoms with E-state index in [1.54, 1.807) is 24.3 Å². The summed E-state index contributed by atoms with van der Waals surface area (Å²) in [6.07, 6.45) is 0.895. The smallest absolute Gasteiger partial charge is 0.328 e. The molecule has 84 valence electrons. The van der Waals surface area contributed by atoms with E-state index in [1.807, 2.05) is 0 Å². The van der Waals surface area contributed by atoms with Gasteiger partial charge in [0.05, 0.1) is 7.11 Å². The first-order valence-corrected chi connectivity index (χ1v) is 4.64. The molecule has 0 aromatic heterocycles. The highest BCUT2D eigenvalue weighted by Crippen LogP contribution is 2.14. The molecule has 1 aromatic rings. The summed E-state index contributed by atoms with van der Waals surface area (Å²) in [6.45, 7) is 1.47. The lowest BCUT2D eigenvalue weighted by Gasteiger charge is -2.02. The third kappa shape index (κ3) is 2.95. The minimum absolute atomic E-state index is 0.192. The van der Waals surface area contributed by atoms with Crippen molar-refractivity contribution < 1.29 is 19.4 Å². The van der Waals surface area contributed by atoms with E-state index >= 15 is 0 Å². The molecule has 1 aromatic carbocycles. The average Bonchev–Trinajstić information content (AvgIpc) is 2.27. The number of carboxylic acid groups (broad SMARTS) is 1. The van der Waals surface area contributed by atoms with Gasteiger partial charge < -0.3 is 9.84 Å². The molecule has 1 N–H and O–H groups in total. The number of carbonyl (C=O) groups is 2. The van der Waals surface area contributed by atoms with E-state index in [4.69, 9.17) is 9.84 Å². The molecule has 16 heavy (non-hydrogen) atoms.